The van der Waals surface area contributed by atoms with Gasteiger partial charge in [0.25, 0.3) is 5.91 Å². The van der Waals surface area contributed by atoms with Crippen LogP contribution in [0.5, 0.6) is 0 Å². The molecule has 4 rings (SSSR count). The Labute approximate surface area is 183 Å². The number of morpholine rings is 1. The first-order valence-corrected chi connectivity index (χ1v) is 10.3. The number of halogens is 2. The average Bonchev–Trinajstić information content (AvgIpc) is 3.24. The summed E-state index contributed by atoms with van der Waals surface area (Å²) >= 11 is 6.21. The van der Waals surface area contributed by atoms with Crippen LogP contribution in [0.25, 0.3) is 0 Å². The number of urea groups is 1. The van der Waals surface area contributed by atoms with Crippen LogP contribution in [0.2, 0.25) is 5.02 Å². The Hall–Kier alpha value is -2.98. The van der Waals surface area contributed by atoms with Gasteiger partial charge >= 0.3 is 6.03 Å². The van der Waals surface area contributed by atoms with Gasteiger partial charge in [-0.1, -0.05) is 11.6 Å². The molecule has 3 heterocycles. The second-order valence-electron chi connectivity index (χ2n) is 7.31. The molecule has 11 heteroatoms. The van der Waals surface area contributed by atoms with Gasteiger partial charge in [0.15, 0.2) is 5.69 Å². The minimum Gasteiger partial charge on any atom is -0.378 e. The first-order chi connectivity index (χ1) is 15.0. The Morgan fingerprint density at radius 2 is 1.90 bits per heavy atom. The molecule has 3 amide bonds. The van der Waals surface area contributed by atoms with E-state index in [1.54, 1.807) is 4.90 Å². The van der Waals surface area contributed by atoms with Crippen molar-refractivity contribution < 1.29 is 18.7 Å². The summed E-state index contributed by atoms with van der Waals surface area (Å²) in [4.78, 5) is 37.4. The first kappa shape index (κ1) is 21.3. The molecule has 0 aliphatic carbocycles. The van der Waals surface area contributed by atoms with Crippen molar-refractivity contribution >= 4 is 35.2 Å². The number of benzene rings is 1. The Balaban J connectivity index is 1.36. The van der Waals surface area contributed by atoms with Crippen LogP contribution in [-0.4, -0.2) is 72.2 Å². The number of hydrogen-bond donors (Lipinski definition) is 2. The van der Waals surface area contributed by atoms with Crippen molar-refractivity contribution in [2.75, 3.05) is 49.6 Å². The maximum Gasteiger partial charge on any atom is 0.319 e. The lowest BCUT2D eigenvalue weighted by molar-refractivity contribution is 0.0783. The van der Waals surface area contributed by atoms with Crippen LogP contribution in [-0.2, 0) is 4.74 Å². The van der Waals surface area contributed by atoms with Crippen LogP contribution in [0.3, 0.4) is 0 Å². The molecule has 0 bridgehead atoms. The highest BCUT2D eigenvalue weighted by Crippen LogP contribution is 2.21. The van der Waals surface area contributed by atoms with Crippen molar-refractivity contribution in [2.24, 2.45) is 0 Å². The largest absolute Gasteiger partial charge is 0.378 e. The molecule has 1 atom stereocenters. The first-order valence-electron chi connectivity index (χ1n) is 9.97. The number of ether oxygens (including phenoxy) is 1. The van der Waals surface area contributed by atoms with E-state index in [4.69, 9.17) is 16.3 Å². The minimum absolute atomic E-state index is 0.148. The smallest absolute Gasteiger partial charge is 0.319 e. The predicted octanol–water partition coefficient (Wildman–Crippen LogP) is 2.14. The average molecular weight is 449 g/mol. The van der Waals surface area contributed by atoms with Crippen molar-refractivity contribution in [1.82, 2.24) is 20.2 Å². The highest BCUT2D eigenvalue weighted by Gasteiger charge is 2.30. The van der Waals surface area contributed by atoms with Crippen molar-refractivity contribution in [3.05, 3.63) is 47.0 Å². The van der Waals surface area contributed by atoms with E-state index < -0.39 is 6.03 Å². The summed E-state index contributed by atoms with van der Waals surface area (Å²) in [7, 11) is 0. The summed E-state index contributed by atoms with van der Waals surface area (Å²) < 4.78 is 18.3. The predicted molar refractivity (Wildman–Crippen MR) is 113 cm³/mol. The topological polar surface area (TPSA) is 99.7 Å². The maximum atomic E-state index is 13.0. The van der Waals surface area contributed by atoms with Gasteiger partial charge in [-0.05, 0) is 30.7 Å². The molecule has 2 N–H and O–H groups in total. The molecule has 2 aromatic rings. The van der Waals surface area contributed by atoms with Gasteiger partial charge in [0.05, 0.1) is 24.4 Å². The zero-order chi connectivity index (χ0) is 21.8. The summed E-state index contributed by atoms with van der Waals surface area (Å²) in [5, 5.41) is 5.66. The third kappa shape index (κ3) is 5.20. The third-order valence-corrected chi connectivity index (χ3v) is 5.42. The molecule has 2 aliphatic rings. The molecule has 0 radical (unpaired) electrons. The van der Waals surface area contributed by atoms with Crippen molar-refractivity contribution in [3.63, 3.8) is 0 Å². The number of carbonyl (C=O) groups is 2. The van der Waals surface area contributed by atoms with Gasteiger partial charge in [-0.25, -0.2) is 19.2 Å². The molecular weight excluding hydrogens is 427 g/mol. The number of amides is 3. The molecule has 2 fully saturated rings. The Morgan fingerprint density at radius 1 is 1.16 bits per heavy atom. The van der Waals surface area contributed by atoms with E-state index in [0.29, 0.717) is 57.4 Å². The summed E-state index contributed by atoms with van der Waals surface area (Å²) in [6.07, 6.45) is 2.04. The number of rotatable bonds is 4. The molecule has 0 saturated carbocycles. The fraction of sp³-hybridized carbons (Fsp3) is 0.400. The zero-order valence-corrected chi connectivity index (χ0v) is 17.4. The van der Waals surface area contributed by atoms with Crippen LogP contribution in [0.4, 0.5) is 20.8 Å². The van der Waals surface area contributed by atoms with E-state index in [1.165, 1.54) is 30.5 Å². The van der Waals surface area contributed by atoms with Crippen LogP contribution in [0.15, 0.2) is 30.5 Å². The number of anilines is 2. The van der Waals surface area contributed by atoms with Crippen LogP contribution >= 0.6 is 11.6 Å². The fourth-order valence-corrected chi connectivity index (χ4v) is 3.69. The molecule has 9 nitrogen and oxygen atoms in total. The van der Waals surface area contributed by atoms with Crippen molar-refractivity contribution in [3.8, 4) is 0 Å². The van der Waals surface area contributed by atoms with Gasteiger partial charge in [-0.3, -0.25) is 4.79 Å². The quantitative estimate of drug-likeness (QED) is 0.743. The Morgan fingerprint density at radius 3 is 2.65 bits per heavy atom. The number of nitrogens with one attached hydrogen (secondary N) is 2. The molecule has 1 aromatic carbocycles. The second kappa shape index (κ2) is 9.44. The monoisotopic (exact) mass is 448 g/mol. The standard InChI is InChI=1S/C20H22ClFN6O3/c21-16-11-23-19(27-7-9-31-10-8-27)26-17(16)18(29)28-6-5-15(12-28)25-20(30)24-14-3-1-13(22)2-4-14/h1-4,11,15H,5-10,12H2,(H2,24,25,30). The minimum atomic E-state index is -0.416. The normalized spacial score (nSPS) is 18.7. The molecular formula is C20H22ClFN6O3. The van der Waals surface area contributed by atoms with Gasteiger partial charge in [0, 0.05) is 37.9 Å². The molecule has 31 heavy (non-hydrogen) atoms. The second-order valence-corrected chi connectivity index (χ2v) is 7.72. The SMILES string of the molecule is O=C(Nc1ccc(F)cc1)NC1CCN(C(=O)c2nc(N3CCOCC3)ncc2Cl)C1. The van der Waals surface area contributed by atoms with Gasteiger partial charge in [-0.15, -0.1) is 0 Å². The number of likely N-dealkylation sites (tertiary alicyclic amines) is 1. The summed E-state index contributed by atoms with van der Waals surface area (Å²) in [6, 6.07) is 4.85. The lowest BCUT2D eigenvalue weighted by atomic mass is 10.2. The summed E-state index contributed by atoms with van der Waals surface area (Å²) in [6.45, 7) is 3.25. The highest BCUT2D eigenvalue weighted by atomic mass is 35.5. The fourth-order valence-electron chi connectivity index (χ4n) is 3.52. The van der Waals surface area contributed by atoms with E-state index >= 15 is 0 Å². The van der Waals surface area contributed by atoms with Crippen LogP contribution in [0, 0.1) is 5.82 Å². The number of aromatic nitrogens is 2. The van der Waals surface area contributed by atoms with Gasteiger partial charge in [0.2, 0.25) is 5.95 Å². The molecule has 1 unspecified atom stereocenters. The molecule has 1 aromatic heterocycles. The van der Waals surface area contributed by atoms with Crippen LogP contribution < -0.4 is 15.5 Å². The number of carbonyl (C=O) groups excluding carboxylic acids is 2. The lowest BCUT2D eigenvalue weighted by Gasteiger charge is -2.27. The van der Waals surface area contributed by atoms with E-state index in [0.717, 1.165) is 0 Å². The van der Waals surface area contributed by atoms with Crippen molar-refractivity contribution in [2.45, 2.75) is 12.5 Å². The van der Waals surface area contributed by atoms with E-state index in [1.807, 2.05) is 4.90 Å². The molecule has 0 spiro atoms. The third-order valence-electron chi connectivity index (χ3n) is 5.14. The Kier molecular flexibility index (Phi) is 6.47. The van der Waals surface area contributed by atoms with E-state index in [2.05, 4.69) is 20.6 Å². The lowest BCUT2D eigenvalue weighted by Crippen LogP contribution is -2.41. The molecule has 2 saturated heterocycles. The van der Waals surface area contributed by atoms with Gasteiger partial charge in [0.1, 0.15) is 5.82 Å². The summed E-state index contributed by atoms with van der Waals surface area (Å²) in [5.74, 6) is -0.232. The number of nitrogens with zero attached hydrogens (tertiary/aromatic N) is 4. The zero-order valence-electron chi connectivity index (χ0n) is 16.7. The number of hydrogen-bond acceptors (Lipinski definition) is 6. The molecule has 164 valence electrons. The van der Waals surface area contributed by atoms with Gasteiger partial charge in [-0.2, -0.15) is 0 Å². The highest BCUT2D eigenvalue weighted by molar-refractivity contribution is 6.33. The Bertz CT molecular complexity index is 954. The van der Waals surface area contributed by atoms with E-state index in [-0.39, 0.29) is 28.5 Å². The van der Waals surface area contributed by atoms with Crippen LogP contribution in [0.1, 0.15) is 16.9 Å². The molecule has 2 aliphatic heterocycles. The van der Waals surface area contributed by atoms with Gasteiger partial charge < -0.3 is 25.2 Å². The maximum absolute atomic E-state index is 13.0. The van der Waals surface area contributed by atoms with Crippen molar-refractivity contribution in [1.29, 1.82) is 0 Å². The van der Waals surface area contributed by atoms with E-state index in [9.17, 15) is 14.0 Å². The summed E-state index contributed by atoms with van der Waals surface area (Å²) in [5.41, 5.74) is 0.628.